The van der Waals surface area contributed by atoms with Gasteiger partial charge in [-0.3, -0.25) is 9.11 Å². The molecule has 3 N–H and O–H groups in total. The third kappa shape index (κ3) is 6.64. The van der Waals surface area contributed by atoms with E-state index in [9.17, 15) is 25.9 Å². The molecule has 2 heterocycles. The third-order valence-electron chi connectivity index (χ3n) is 8.09. The van der Waals surface area contributed by atoms with E-state index in [1.54, 1.807) is 53.2 Å². The maximum Gasteiger partial charge on any atom is 0.326 e. The van der Waals surface area contributed by atoms with Gasteiger partial charge in [-0.15, -0.1) is 4.33 Å². The van der Waals surface area contributed by atoms with Crippen molar-refractivity contribution in [1.29, 1.82) is 0 Å². The molecule has 0 aliphatic carbocycles. The molecule has 0 atom stereocenters. The molecule has 0 bridgehead atoms. The average molecular weight is 674 g/mol. The van der Waals surface area contributed by atoms with Gasteiger partial charge in [0.2, 0.25) is 5.69 Å². The third-order valence-corrected chi connectivity index (χ3v) is 9.84. The quantitative estimate of drug-likeness (QED) is 0.0569. The Hall–Kier alpha value is -3.34. The molecular weight excluding hydrogens is 641 g/mol. The molecule has 3 aromatic rings. The largest absolute Gasteiger partial charge is 0.327 e. The van der Waals surface area contributed by atoms with Crippen LogP contribution in [0.5, 0.6) is 0 Å². The minimum atomic E-state index is -4.39. The van der Waals surface area contributed by atoms with Crippen molar-refractivity contribution in [3.63, 3.8) is 0 Å². The normalized spacial score (nSPS) is 18.6. The van der Waals surface area contributed by atoms with Gasteiger partial charge < -0.3 is 4.90 Å². The van der Waals surface area contributed by atoms with Gasteiger partial charge >= 0.3 is 10.1 Å². The molecule has 2 aliphatic heterocycles. The van der Waals surface area contributed by atoms with Crippen molar-refractivity contribution < 1.29 is 45.1 Å². The summed E-state index contributed by atoms with van der Waals surface area (Å²) in [6.45, 7) is 7.83. The first-order chi connectivity index (χ1) is 21.0. The maximum absolute atomic E-state index is 12.1. The Morgan fingerprint density at radius 2 is 1.64 bits per heavy atom. The van der Waals surface area contributed by atoms with E-state index in [1.807, 2.05) is 64.1 Å². The molecule has 0 radical (unpaired) electrons. The number of anilines is 1. The van der Waals surface area contributed by atoms with Crippen LogP contribution >= 0.6 is 12.0 Å². The Labute approximate surface area is 266 Å². The highest BCUT2D eigenvalue weighted by atomic mass is 32.2. The zero-order valence-electron chi connectivity index (χ0n) is 24.9. The van der Waals surface area contributed by atoms with Crippen LogP contribution in [0, 0.1) is 0 Å². The highest BCUT2D eigenvalue weighted by Gasteiger charge is 2.47. The number of benzene rings is 3. The zero-order valence-corrected chi connectivity index (χ0v) is 27.4. The van der Waals surface area contributed by atoms with E-state index in [2.05, 4.69) is 9.37 Å². The van der Waals surface area contributed by atoms with Crippen LogP contribution in [0.1, 0.15) is 38.8 Å². The lowest BCUT2D eigenvalue weighted by atomic mass is 9.79. The highest BCUT2D eigenvalue weighted by Crippen LogP contribution is 2.49. The topological polar surface area (TPSA) is 154 Å². The monoisotopic (exact) mass is 673 g/mol. The summed E-state index contributed by atoms with van der Waals surface area (Å²) in [7, 11) is -8.76. The second-order valence-corrected chi connectivity index (χ2v) is 15.4. The summed E-state index contributed by atoms with van der Waals surface area (Å²) >= 11 is 0.778. The fourth-order valence-electron chi connectivity index (χ4n) is 6.26. The van der Waals surface area contributed by atoms with Crippen LogP contribution in [0.2, 0.25) is 0 Å². The standard InChI is InChI=1S/C31H32N2O9S3/c1-30(2)24-18-22(43-42-41-34)15-17-25(24)32(19-44(35,36)37)27(30)12-6-5-7-13-28-31(3,4)29-23-11-9-8-10-21(23)14-16-26(29)33(28)20-45(38,39)40/h5-18H,19-20H2,1-4H3,(H2-,34,35,36,37,38,39,40)/p+1. The molecule has 5 rings (SSSR count). The molecule has 3 aromatic carbocycles. The van der Waals surface area contributed by atoms with Crippen molar-refractivity contribution in [3.8, 4) is 0 Å². The summed E-state index contributed by atoms with van der Waals surface area (Å²) < 4.78 is 73.7. The smallest absolute Gasteiger partial charge is 0.326 e. The number of hydrogen-bond donors (Lipinski definition) is 3. The van der Waals surface area contributed by atoms with Gasteiger partial charge in [-0.05, 0) is 60.5 Å². The van der Waals surface area contributed by atoms with Crippen LogP contribution in [0.4, 0.5) is 11.4 Å². The first-order valence-electron chi connectivity index (χ1n) is 13.7. The van der Waals surface area contributed by atoms with Crippen molar-refractivity contribution >= 4 is 60.1 Å². The van der Waals surface area contributed by atoms with Crippen LogP contribution in [0.15, 0.2) is 95.6 Å². The van der Waals surface area contributed by atoms with Gasteiger partial charge in [-0.2, -0.15) is 21.4 Å². The Kier molecular flexibility index (Phi) is 8.89. The predicted molar refractivity (Wildman–Crippen MR) is 174 cm³/mol. The summed E-state index contributed by atoms with van der Waals surface area (Å²) in [4.78, 5) is 2.11. The SMILES string of the molecule is CC1(C)C(=CC=CC=CC2=[N+](CS(=O)(=O)O)c3ccc4ccccc4c3C2(C)C)N(CS(=O)(=O)O)c2ccc(SOOO)cc21. The van der Waals surface area contributed by atoms with E-state index in [0.717, 1.165) is 33.9 Å². The van der Waals surface area contributed by atoms with Gasteiger partial charge in [0.05, 0.1) is 17.5 Å². The first kappa shape index (κ1) is 33.0. The van der Waals surface area contributed by atoms with E-state index < -0.39 is 42.8 Å². The Balaban J connectivity index is 1.52. The molecule has 14 heteroatoms. The molecule has 0 spiro atoms. The Bertz CT molecular complexity index is 2010. The minimum Gasteiger partial charge on any atom is -0.327 e. The molecule has 0 fully saturated rings. The Morgan fingerprint density at radius 1 is 0.911 bits per heavy atom. The van der Waals surface area contributed by atoms with E-state index in [4.69, 9.17) is 5.26 Å². The van der Waals surface area contributed by atoms with Gasteiger partial charge in [0.25, 0.3) is 16.0 Å². The number of allylic oxidation sites excluding steroid dienone is 6. The fraction of sp³-hybridized carbons (Fsp3) is 0.258. The van der Waals surface area contributed by atoms with Crippen molar-refractivity contribution in [2.75, 3.05) is 16.7 Å². The summed E-state index contributed by atoms with van der Waals surface area (Å²) in [6, 6.07) is 16.8. The van der Waals surface area contributed by atoms with Gasteiger partial charge in [-0.1, -0.05) is 61.4 Å². The molecule has 0 amide bonds. The Morgan fingerprint density at radius 3 is 2.33 bits per heavy atom. The van der Waals surface area contributed by atoms with Crippen LogP contribution in [-0.2, 0) is 40.4 Å². The van der Waals surface area contributed by atoms with Crippen molar-refractivity contribution in [2.45, 2.75) is 43.4 Å². The van der Waals surface area contributed by atoms with Gasteiger partial charge in [0, 0.05) is 39.4 Å². The van der Waals surface area contributed by atoms with E-state index >= 15 is 0 Å². The van der Waals surface area contributed by atoms with Crippen LogP contribution in [0.25, 0.3) is 10.8 Å². The van der Waals surface area contributed by atoms with Crippen LogP contribution in [-0.4, -0.2) is 53.2 Å². The lowest BCUT2D eigenvalue weighted by Crippen LogP contribution is -2.30. The van der Waals surface area contributed by atoms with Crippen LogP contribution in [0.3, 0.4) is 0 Å². The van der Waals surface area contributed by atoms with Crippen molar-refractivity contribution in [1.82, 2.24) is 0 Å². The summed E-state index contributed by atoms with van der Waals surface area (Å²) in [5.41, 5.74) is 2.97. The number of fused-ring (bicyclic) bond motifs is 4. The van der Waals surface area contributed by atoms with Gasteiger partial charge in [0.15, 0.2) is 11.6 Å². The molecule has 238 valence electrons. The molecule has 0 saturated heterocycles. The second-order valence-electron chi connectivity index (χ2n) is 11.8. The molecule has 0 saturated carbocycles. The zero-order chi connectivity index (χ0) is 32.8. The fourth-order valence-corrected chi connectivity index (χ4v) is 7.87. The van der Waals surface area contributed by atoms with Crippen LogP contribution < -0.4 is 4.90 Å². The summed E-state index contributed by atoms with van der Waals surface area (Å²) in [6.07, 6.45) is 8.77. The van der Waals surface area contributed by atoms with Crippen molar-refractivity contribution in [2.24, 2.45) is 0 Å². The van der Waals surface area contributed by atoms with Gasteiger partial charge in [0.1, 0.15) is 0 Å². The van der Waals surface area contributed by atoms with E-state index in [-0.39, 0.29) is 0 Å². The minimum absolute atomic E-state index is 0.580. The van der Waals surface area contributed by atoms with E-state index in [1.165, 1.54) is 4.90 Å². The van der Waals surface area contributed by atoms with Crippen molar-refractivity contribution in [3.05, 3.63) is 102 Å². The number of rotatable bonds is 10. The lowest BCUT2D eigenvalue weighted by molar-refractivity contribution is -0.432. The van der Waals surface area contributed by atoms with E-state index in [0.29, 0.717) is 27.7 Å². The molecule has 45 heavy (non-hydrogen) atoms. The van der Waals surface area contributed by atoms with Gasteiger partial charge in [-0.25, -0.2) is 5.26 Å². The first-order valence-corrected chi connectivity index (χ1v) is 17.7. The molecule has 0 aromatic heterocycles. The number of nitrogens with zero attached hydrogens (tertiary/aromatic N) is 2. The number of hydrogen-bond acceptors (Lipinski definition) is 9. The molecule has 0 unspecified atom stereocenters. The predicted octanol–water partition coefficient (Wildman–Crippen LogP) is 6.13. The molecule has 2 aliphatic rings. The highest BCUT2D eigenvalue weighted by molar-refractivity contribution is 7.94. The second kappa shape index (κ2) is 12.1. The maximum atomic E-state index is 12.1. The molecular formula is C31H33N2O9S3+. The average Bonchev–Trinajstić information content (AvgIpc) is 3.28. The molecule has 11 nitrogen and oxygen atoms in total. The summed E-state index contributed by atoms with van der Waals surface area (Å²) in [5.74, 6) is -1.27. The summed E-state index contributed by atoms with van der Waals surface area (Å²) in [5, 5.41) is 14.2. The lowest BCUT2D eigenvalue weighted by Gasteiger charge is -2.25.